The third-order valence-corrected chi connectivity index (χ3v) is 6.72. The van der Waals surface area contributed by atoms with Crippen LogP contribution in [0, 0.1) is 0 Å². The Hall–Kier alpha value is -2.42. The number of benzene rings is 2. The first-order valence-electron chi connectivity index (χ1n) is 8.68. The van der Waals surface area contributed by atoms with Crippen molar-refractivity contribution in [3.8, 4) is 17.0 Å². The smallest absolute Gasteiger partial charge is 0.236 e. The second kappa shape index (κ2) is 8.72. The Morgan fingerprint density at radius 2 is 2.04 bits per heavy atom. The van der Waals surface area contributed by atoms with Crippen LogP contribution in [0.25, 0.3) is 21.5 Å². The molecule has 0 unspecified atom stereocenters. The number of hydrogen-bond acceptors (Lipinski definition) is 7. The second-order valence-corrected chi connectivity index (χ2v) is 8.89. The first-order valence-corrected chi connectivity index (χ1v) is 11.4. The molecule has 0 aliphatic heterocycles. The lowest BCUT2D eigenvalue weighted by molar-refractivity contribution is -0.113. The van der Waals surface area contributed by atoms with Crippen molar-refractivity contribution in [1.29, 1.82) is 0 Å². The van der Waals surface area contributed by atoms with Gasteiger partial charge in [0.2, 0.25) is 5.91 Å². The van der Waals surface area contributed by atoms with Crippen LogP contribution in [0.5, 0.6) is 5.75 Å². The van der Waals surface area contributed by atoms with Crippen molar-refractivity contribution in [2.24, 2.45) is 0 Å². The number of anilines is 1. The van der Waals surface area contributed by atoms with Gasteiger partial charge in [-0.2, -0.15) is 0 Å². The van der Waals surface area contributed by atoms with Crippen molar-refractivity contribution in [1.82, 2.24) is 9.97 Å². The Morgan fingerprint density at radius 1 is 1.18 bits per heavy atom. The Bertz CT molecular complexity index is 1090. The van der Waals surface area contributed by atoms with Crippen LogP contribution in [-0.4, -0.2) is 28.2 Å². The van der Waals surface area contributed by atoms with Crippen LogP contribution in [0.15, 0.2) is 58.3 Å². The molecule has 2 aromatic carbocycles. The zero-order chi connectivity index (χ0) is 19.3. The van der Waals surface area contributed by atoms with E-state index in [2.05, 4.69) is 15.3 Å². The number of aromatic nitrogens is 2. The number of nitrogens with one attached hydrogen (secondary N) is 1. The molecule has 0 fully saturated rings. The summed E-state index contributed by atoms with van der Waals surface area (Å²) in [6.07, 6.45) is 0. The quantitative estimate of drug-likeness (QED) is 0.392. The molecule has 8 heteroatoms. The fourth-order valence-electron chi connectivity index (χ4n) is 2.56. The number of carbonyl (C=O) groups excluding carboxylic acids is 1. The lowest BCUT2D eigenvalue weighted by Gasteiger charge is -2.00. The van der Waals surface area contributed by atoms with Crippen LogP contribution >= 0.6 is 34.4 Å². The molecule has 0 atom stereocenters. The number of thioether (sulfide) groups is 1. The van der Waals surface area contributed by atoms with Crippen LogP contribution < -0.4 is 10.1 Å². The van der Waals surface area contributed by atoms with E-state index >= 15 is 0 Å². The van der Waals surface area contributed by atoms with Gasteiger partial charge in [0.25, 0.3) is 0 Å². The third-order valence-electron chi connectivity index (χ3n) is 3.80. The van der Waals surface area contributed by atoms with E-state index in [1.54, 1.807) is 11.3 Å². The molecule has 4 rings (SSSR count). The van der Waals surface area contributed by atoms with Gasteiger partial charge >= 0.3 is 0 Å². The summed E-state index contributed by atoms with van der Waals surface area (Å²) in [5.74, 6) is 1.04. The summed E-state index contributed by atoms with van der Waals surface area (Å²) in [7, 11) is 0. The molecule has 4 aromatic rings. The summed E-state index contributed by atoms with van der Waals surface area (Å²) in [5.41, 5.74) is 2.82. The first kappa shape index (κ1) is 18.9. The van der Waals surface area contributed by atoms with Gasteiger partial charge in [-0.25, -0.2) is 9.97 Å². The summed E-state index contributed by atoms with van der Waals surface area (Å²) in [6, 6.07) is 15.8. The van der Waals surface area contributed by atoms with Gasteiger partial charge in [-0.3, -0.25) is 4.79 Å². The van der Waals surface area contributed by atoms with Crippen LogP contribution in [0.3, 0.4) is 0 Å². The predicted molar refractivity (Wildman–Crippen MR) is 118 cm³/mol. The molecule has 0 bridgehead atoms. The second-order valence-electron chi connectivity index (χ2n) is 5.78. The van der Waals surface area contributed by atoms with Gasteiger partial charge in [0.15, 0.2) is 9.47 Å². The maximum atomic E-state index is 12.3. The Morgan fingerprint density at radius 3 is 2.86 bits per heavy atom. The highest BCUT2D eigenvalue weighted by Crippen LogP contribution is 2.32. The molecular weight excluding hydrogens is 410 g/mol. The summed E-state index contributed by atoms with van der Waals surface area (Å²) in [6.45, 7) is 2.59. The van der Waals surface area contributed by atoms with E-state index in [9.17, 15) is 4.79 Å². The van der Waals surface area contributed by atoms with E-state index in [4.69, 9.17) is 4.74 Å². The molecular formula is C20H17N3O2S3. The number of ether oxygens (including phenoxy) is 1. The van der Waals surface area contributed by atoms with Crippen LogP contribution in [0.2, 0.25) is 0 Å². The molecule has 0 saturated heterocycles. The van der Waals surface area contributed by atoms with Crippen LogP contribution in [0.4, 0.5) is 5.13 Å². The zero-order valence-corrected chi connectivity index (χ0v) is 17.5. The topological polar surface area (TPSA) is 64.1 Å². The molecule has 1 N–H and O–H groups in total. The van der Waals surface area contributed by atoms with Crippen molar-refractivity contribution in [3.63, 3.8) is 0 Å². The Labute approximate surface area is 174 Å². The van der Waals surface area contributed by atoms with Crippen molar-refractivity contribution in [3.05, 3.63) is 53.9 Å². The summed E-state index contributed by atoms with van der Waals surface area (Å²) in [5, 5.41) is 5.42. The number of thiazole rings is 2. The monoisotopic (exact) mass is 427 g/mol. The standard InChI is InChI=1S/C20H17N3O2S3/c1-2-25-14-8-9-15-17(10-14)28-20(22-15)27-12-18(24)23-19-21-16(11-26-19)13-6-4-3-5-7-13/h3-11H,2,12H2,1H3,(H,21,23,24). The number of amides is 1. The van der Waals surface area contributed by atoms with E-state index in [0.717, 1.165) is 31.6 Å². The third kappa shape index (κ3) is 4.52. The SMILES string of the molecule is CCOc1ccc2nc(SCC(=O)Nc3nc(-c4ccccc4)cs3)sc2c1. The van der Waals surface area contributed by atoms with Gasteiger partial charge in [-0.1, -0.05) is 42.1 Å². The van der Waals surface area contributed by atoms with Gasteiger partial charge < -0.3 is 10.1 Å². The van der Waals surface area contributed by atoms with Crippen molar-refractivity contribution in [2.75, 3.05) is 17.7 Å². The summed E-state index contributed by atoms with van der Waals surface area (Å²) < 4.78 is 7.44. The largest absolute Gasteiger partial charge is 0.494 e. The molecule has 2 aromatic heterocycles. The highest BCUT2D eigenvalue weighted by molar-refractivity contribution is 8.01. The van der Waals surface area contributed by atoms with E-state index in [0.29, 0.717) is 17.5 Å². The zero-order valence-electron chi connectivity index (χ0n) is 15.0. The van der Waals surface area contributed by atoms with Gasteiger partial charge in [0, 0.05) is 10.9 Å². The number of rotatable bonds is 7. The molecule has 0 saturated carbocycles. The number of carbonyl (C=O) groups is 1. The molecule has 2 heterocycles. The predicted octanol–water partition coefficient (Wildman–Crippen LogP) is 5.55. The van der Waals surface area contributed by atoms with Crippen LogP contribution in [0.1, 0.15) is 6.92 Å². The van der Waals surface area contributed by atoms with Crippen molar-refractivity contribution in [2.45, 2.75) is 11.3 Å². The average Bonchev–Trinajstić information content (AvgIpc) is 3.34. The van der Waals surface area contributed by atoms with E-state index < -0.39 is 0 Å². The van der Waals surface area contributed by atoms with E-state index in [1.165, 1.54) is 23.1 Å². The highest BCUT2D eigenvalue weighted by atomic mass is 32.2. The normalized spacial score (nSPS) is 10.9. The number of nitrogens with zero attached hydrogens (tertiary/aromatic N) is 2. The molecule has 0 radical (unpaired) electrons. The van der Waals surface area contributed by atoms with Gasteiger partial charge in [-0.05, 0) is 25.1 Å². The number of hydrogen-bond donors (Lipinski definition) is 1. The van der Waals surface area contributed by atoms with Gasteiger partial charge in [0.1, 0.15) is 5.75 Å². The lowest BCUT2D eigenvalue weighted by Crippen LogP contribution is -2.13. The number of fused-ring (bicyclic) bond motifs is 1. The molecule has 0 aliphatic rings. The average molecular weight is 428 g/mol. The fraction of sp³-hybridized carbons (Fsp3) is 0.150. The molecule has 0 spiro atoms. The molecule has 5 nitrogen and oxygen atoms in total. The summed E-state index contributed by atoms with van der Waals surface area (Å²) >= 11 is 4.42. The van der Waals surface area contributed by atoms with Gasteiger partial charge in [0.05, 0.1) is 28.3 Å². The Kier molecular flexibility index (Phi) is 5.90. The molecule has 142 valence electrons. The van der Waals surface area contributed by atoms with Crippen molar-refractivity contribution < 1.29 is 9.53 Å². The van der Waals surface area contributed by atoms with Crippen LogP contribution in [-0.2, 0) is 4.79 Å². The maximum absolute atomic E-state index is 12.3. The van der Waals surface area contributed by atoms with E-state index in [-0.39, 0.29) is 5.91 Å². The first-order chi connectivity index (χ1) is 13.7. The van der Waals surface area contributed by atoms with Crippen molar-refractivity contribution >= 4 is 55.7 Å². The fourth-order valence-corrected chi connectivity index (χ4v) is 5.19. The summed E-state index contributed by atoms with van der Waals surface area (Å²) in [4.78, 5) is 21.3. The maximum Gasteiger partial charge on any atom is 0.236 e. The Balaban J connectivity index is 1.36. The minimum absolute atomic E-state index is 0.0896. The lowest BCUT2D eigenvalue weighted by atomic mass is 10.2. The molecule has 0 aliphatic carbocycles. The molecule has 1 amide bonds. The minimum atomic E-state index is -0.0896. The molecule has 28 heavy (non-hydrogen) atoms. The minimum Gasteiger partial charge on any atom is -0.494 e. The highest BCUT2D eigenvalue weighted by Gasteiger charge is 2.11. The van der Waals surface area contributed by atoms with Gasteiger partial charge in [-0.15, -0.1) is 22.7 Å². The van der Waals surface area contributed by atoms with E-state index in [1.807, 2.05) is 60.8 Å².